The maximum atomic E-state index is 5.87. The summed E-state index contributed by atoms with van der Waals surface area (Å²) < 4.78 is 0. The summed E-state index contributed by atoms with van der Waals surface area (Å²) >= 11 is 13.0. The van der Waals surface area contributed by atoms with Crippen molar-refractivity contribution in [3.05, 3.63) is 34.3 Å². The SMILES string of the molecule is ClCc1nnc(-c2cccc(Cl)c2)s1. The van der Waals surface area contributed by atoms with Crippen LogP contribution >= 0.6 is 34.5 Å². The fourth-order valence-electron chi connectivity index (χ4n) is 1.05. The van der Waals surface area contributed by atoms with Crippen LogP contribution in [-0.4, -0.2) is 10.2 Å². The lowest BCUT2D eigenvalue weighted by atomic mass is 10.2. The highest BCUT2D eigenvalue weighted by molar-refractivity contribution is 7.14. The Labute approximate surface area is 95.5 Å². The second kappa shape index (κ2) is 4.26. The molecule has 0 saturated carbocycles. The van der Waals surface area contributed by atoms with Crippen molar-refractivity contribution in [2.24, 2.45) is 0 Å². The van der Waals surface area contributed by atoms with E-state index >= 15 is 0 Å². The summed E-state index contributed by atoms with van der Waals surface area (Å²) in [6, 6.07) is 7.53. The molecular weight excluding hydrogens is 239 g/mol. The maximum absolute atomic E-state index is 5.87. The van der Waals surface area contributed by atoms with Gasteiger partial charge in [0.05, 0.1) is 5.88 Å². The van der Waals surface area contributed by atoms with Crippen LogP contribution in [0.25, 0.3) is 10.6 Å². The lowest BCUT2D eigenvalue weighted by Crippen LogP contribution is -1.76. The van der Waals surface area contributed by atoms with Gasteiger partial charge >= 0.3 is 0 Å². The molecule has 0 aliphatic heterocycles. The van der Waals surface area contributed by atoms with Crippen molar-refractivity contribution in [1.82, 2.24) is 10.2 Å². The van der Waals surface area contributed by atoms with Gasteiger partial charge in [-0.2, -0.15) is 0 Å². The molecule has 0 aliphatic carbocycles. The fourth-order valence-corrected chi connectivity index (χ4v) is 2.14. The van der Waals surface area contributed by atoms with E-state index in [1.165, 1.54) is 11.3 Å². The van der Waals surface area contributed by atoms with E-state index in [9.17, 15) is 0 Å². The Hall–Kier alpha value is -0.640. The molecule has 0 unspecified atom stereocenters. The molecule has 72 valence electrons. The molecule has 0 atom stereocenters. The molecule has 5 heteroatoms. The maximum Gasteiger partial charge on any atom is 0.147 e. The minimum atomic E-state index is 0.401. The summed E-state index contributed by atoms with van der Waals surface area (Å²) in [5, 5.41) is 10.3. The number of halogens is 2. The zero-order valence-corrected chi connectivity index (χ0v) is 9.40. The number of rotatable bonds is 2. The van der Waals surface area contributed by atoms with E-state index in [0.29, 0.717) is 10.9 Å². The number of hydrogen-bond donors (Lipinski definition) is 0. The van der Waals surface area contributed by atoms with Crippen LogP contribution in [0.1, 0.15) is 5.01 Å². The normalized spacial score (nSPS) is 10.4. The third kappa shape index (κ3) is 2.05. The first-order chi connectivity index (χ1) is 6.79. The third-order valence-corrected chi connectivity index (χ3v) is 3.27. The topological polar surface area (TPSA) is 25.8 Å². The van der Waals surface area contributed by atoms with Crippen LogP contribution in [0.4, 0.5) is 0 Å². The van der Waals surface area contributed by atoms with Gasteiger partial charge in [-0.3, -0.25) is 0 Å². The molecule has 0 saturated heterocycles. The molecule has 14 heavy (non-hydrogen) atoms. The van der Waals surface area contributed by atoms with Gasteiger partial charge in [-0.1, -0.05) is 35.1 Å². The Bertz CT molecular complexity index is 442. The van der Waals surface area contributed by atoms with Crippen LogP contribution < -0.4 is 0 Å². The smallest absolute Gasteiger partial charge is 0.142 e. The van der Waals surface area contributed by atoms with Gasteiger partial charge in [0.2, 0.25) is 0 Å². The lowest BCUT2D eigenvalue weighted by Gasteiger charge is -1.94. The van der Waals surface area contributed by atoms with Crippen LogP contribution in [-0.2, 0) is 5.88 Å². The monoisotopic (exact) mass is 244 g/mol. The number of aromatic nitrogens is 2. The van der Waals surface area contributed by atoms with Crippen molar-refractivity contribution >= 4 is 34.5 Å². The molecule has 0 aliphatic rings. The second-order valence-corrected chi connectivity index (χ2v) is 4.41. The van der Waals surface area contributed by atoms with Gasteiger partial charge in [0.15, 0.2) is 0 Å². The second-order valence-electron chi connectivity index (χ2n) is 2.64. The molecule has 0 bridgehead atoms. The zero-order chi connectivity index (χ0) is 9.97. The minimum absolute atomic E-state index is 0.401. The summed E-state index contributed by atoms with van der Waals surface area (Å²) in [5.41, 5.74) is 0.978. The zero-order valence-electron chi connectivity index (χ0n) is 7.08. The highest BCUT2D eigenvalue weighted by Crippen LogP contribution is 2.26. The molecule has 0 fully saturated rings. The number of benzene rings is 1. The van der Waals surface area contributed by atoms with Gasteiger partial charge < -0.3 is 0 Å². The Balaban J connectivity index is 2.39. The Morgan fingerprint density at radius 2 is 2.14 bits per heavy atom. The van der Waals surface area contributed by atoms with Crippen molar-refractivity contribution in [2.45, 2.75) is 5.88 Å². The largest absolute Gasteiger partial charge is 0.147 e. The standard InChI is InChI=1S/C9H6Cl2N2S/c10-5-8-12-13-9(14-8)6-2-1-3-7(11)4-6/h1-4H,5H2. The van der Waals surface area contributed by atoms with Crippen molar-refractivity contribution < 1.29 is 0 Å². The van der Waals surface area contributed by atoms with Crippen LogP contribution in [0.2, 0.25) is 5.02 Å². The van der Waals surface area contributed by atoms with E-state index in [0.717, 1.165) is 15.6 Å². The predicted molar refractivity (Wildman–Crippen MR) is 59.9 cm³/mol. The predicted octanol–water partition coefficient (Wildman–Crippen LogP) is 3.60. The van der Waals surface area contributed by atoms with Gasteiger partial charge in [-0.25, -0.2) is 0 Å². The van der Waals surface area contributed by atoms with Crippen molar-refractivity contribution in [3.63, 3.8) is 0 Å². The quantitative estimate of drug-likeness (QED) is 0.755. The Kier molecular flexibility index (Phi) is 3.01. The van der Waals surface area contributed by atoms with Gasteiger partial charge in [0.25, 0.3) is 0 Å². The van der Waals surface area contributed by atoms with Gasteiger partial charge in [-0.15, -0.1) is 21.8 Å². The van der Waals surface area contributed by atoms with Crippen molar-refractivity contribution in [3.8, 4) is 10.6 Å². The molecule has 0 spiro atoms. The summed E-state index contributed by atoms with van der Waals surface area (Å²) in [7, 11) is 0. The van der Waals surface area contributed by atoms with Crippen molar-refractivity contribution in [1.29, 1.82) is 0 Å². The first kappa shape index (κ1) is 9.90. The molecule has 1 aromatic carbocycles. The molecule has 2 aromatic rings. The highest BCUT2D eigenvalue weighted by atomic mass is 35.5. The molecule has 0 N–H and O–H groups in total. The van der Waals surface area contributed by atoms with Gasteiger partial charge in [0.1, 0.15) is 10.0 Å². The molecule has 0 radical (unpaired) electrons. The van der Waals surface area contributed by atoms with Crippen LogP contribution in [0, 0.1) is 0 Å². The molecule has 1 heterocycles. The third-order valence-electron chi connectivity index (χ3n) is 1.65. The molecule has 2 rings (SSSR count). The van der Waals surface area contributed by atoms with Crippen LogP contribution in [0.5, 0.6) is 0 Å². The summed E-state index contributed by atoms with van der Waals surface area (Å²) in [4.78, 5) is 0. The summed E-state index contributed by atoms with van der Waals surface area (Å²) in [6.07, 6.45) is 0. The van der Waals surface area contributed by atoms with Crippen LogP contribution in [0.3, 0.4) is 0 Å². The average molecular weight is 245 g/mol. The van der Waals surface area contributed by atoms with E-state index in [-0.39, 0.29) is 0 Å². The number of nitrogens with zero attached hydrogens (tertiary/aromatic N) is 2. The summed E-state index contributed by atoms with van der Waals surface area (Å²) in [6.45, 7) is 0. The fraction of sp³-hybridized carbons (Fsp3) is 0.111. The minimum Gasteiger partial charge on any atom is -0.142 e. The van der Waals surface area contributed by atoms with E-state index in [1.54, 1.807) is 0 Å². The first-order valence-electron chi connectivity index (χ1n) is 3.94. The highest BCUT2D eigenvalue weighted by Gasteiger charge is 2.05. The van der Waals surface area contributed by atoms with E-state index in [1.807, 2.05) is 24.3 Å². The van der Waals surface area contributed by atoms with Gasteiger partial charge in [-0.05, 0) is 12.1 Å². The van der Waals surface area contributed by atoms with Crippen molar-refractivity contribution in [2.75, 3.05) is 0 Å². The van der Waals surface area contributed by atoms with E-state index in [2.05, 4.69) is 10.2 Å². The molecular formula is C9H6Cl2N2S. The Morgan fingerprint density at radius 3 is 2.79 bits per heavy atom. The number of hydrogen-bond acceptors (Lipinski definition) is 3. The van der Waals surface area contributed by atoms with Gasteiger partial charge in [0, 0.05) is 10.6 Å². The Morgan fingerprint density at radius 1 is 1.29 bits per heavy atom. The molecule has 2 nitrogen and oxygen atoms in total. The lowest BCUT2D eigenvalue weighted by molar-refractivity contribution is 1.04. The molecule has 0 amide bonds. The van der Waals surface area contributed by atoms with E-state index in [4.69, 9.17) is 23.2 Å². The number of alkyl halides is 1. The summed E-state index contributed by atoms with van der Waals surface area (Å²) in [5.74, 6) is 0.401. The first-order valence-corrected chi connectivity index (χ1v) is 5.67. The van der Waals surface area contributed by atoms with Crippen LogP contribution in [0.15, 0.2) is 24.3 Å². The molecule has 1 aromatic heterocycles. The van der Waals surface area contributed by atoms with E-state index < -0.39 is 0 Å². The average Bonchev–Trinajstić information content (AvgIpc) is 2.66.